The molecule has 3 aromatic heterocycles. The molecule has 0 spiro atoms. The van der Waals surface area contributed by atoms with Crippen LogP contribution in [0.15, 0.2) is 85.1 Å². The Kier molecular flexibility index (Phi) is 7.87. The maximum atomic E-state index is 5.66. The minimum atomic E-state index is 0.638. The largest absolute Gasteiger partial charge is 0.497 e. The molecular formula is C35H36N6O3. The van der Waals surface area contributed by atoms with Gasteiger partial charge in [0.15, 0.2) is 0 Å². The van der Waals surface area contributed by atoms with Gasteiger partial charge in [-0.2, -0.15) is 5.10 Å². The SMILES string of the molecule is COc1ccc(CNc2nc3cc(-c4cc[nH]n4)ccc3c3c2cc(CN2CCOCC2)n3Cc2ccc(OC)cc2)cc1. The summed E-state index contributed by atoms with van der Waals surface area (Å²) < 4.78 is 18.9. The fourth-order valence-electron chi connectivity index (χ4n) is 5.94. The molecule has 44 heavy (non-hydrogen) atoms. The van der Waals surface area contributed by atoms with Crippen LogP contribution in [0.3, 0.4) is 0 Å². The van der Waals surface area contributed by atoms with Crippen molar-refractivity contribution in [3.05, 3.63) is 102 Å². The van der Waals surface area contributed by atoms with E-state index in [1.165, 1.54) is 16.8 Å². The second-order valence-corrected chi connectivity index (χ2v) is 11.1. The third-order valence-corrected chi connectivity index (χ3v) is 8.33. The summed E-state index contributed by atoms with van der Waals surface area (Å²) in [5.41, 5.74) is 7.60. The minimum Gasteiger partial charge on any atom is -0.497 e. The molecule has 224 valence electrons. The Morgan fingerprint density at radius 3 is 2.23 bits per heavy atom. The van der Waals surface area contributed by atoms with Crippen molar-refractivity contribution in [3.63, 3.8) is 0 Å². The van der Waals surface area contributed by atoms with Gasteiger partial charge in [-0.05, 0) is 53.6 Å². The molecule has 1 fully saturated rings. The van der Waals surface area contributed by atoms with Crippen LogP contribution in [0.5, 0.6) is 11.5 Å². The molecule has 7 rings (SSSR count). The average Bonchev–Trinajstić information content (AvgIpc) is 3.74. The summed E-state index contributed by atoms with van der Waals surface area (Å²) in [6, 6.07) is 27.2. The predicted molar refractivity (Wildman–Crippen MR) is 173 cm³/mol. The molecule has 0 amide bonds. The highest BCUT2D eigenvalue weighted by Gasteiger charge is 2.21. The van der Waals surface area contributed by atoms with Gasteiger partial charge in [0.25, 0.3) is 0 Å². The summed E-state index contributed by atoms with van der Waals surface area (Å²) >= 11 is 0. The van der Waals surface area contributed by atoms with Crippen molar-refractivity contribution >= 4 is 27.6 Å². The first-order valence-corrected chi connectivity index (χ1v) is 14.9. The van der Waals surface area contributed by atoms with Gasteiger partial charge in [-0.3, -0.25) is 10.00 Å². The van der Waals surface area contributed by atoms with Crippen molar-refractivity contribution in [2.24, 2.45) is 0 Å². The molecule has 2 N–H and O–H groups in total. The fraction of sp³-hybridized carbons (Fsp3) is 0.257. The Morgan fingerprint density at radius 2 is 1.55 bits per heavy atom. The normalized spacial score (nSPS) is 13.9. The zero-order valence-corrected chi connectivity index (χ0v) is 25.0. The molecule has 1 aliphatic heterocycles. The monoisotopic (exact) mass is 588 g/mol. The number of nitrogens with zero attached hydrogens (tertiary/aromatic N) is 4. The standard InChI is InChI=1S/C35H36N6O3/c1-42-28-8-3-24(4-9-28)21-36-35-31-20-27(23-40-15-17-44-18-16-40)41(22-25-5-10-29(43-2)11-6-25)34(31)30-12-7-26(19-33(30)38-35)32-13-14-37-39-32/h3-14,19-20H,15-18,21-23H2,1-2H3,(H,36,38)(H,37,39). The number of aromatic amines is 1. The third-order valence-electron chi connectivity index (χ3n) is 8.33. The fourth-order valence-corrected chi connectivity index (χ4v) is 5.94. The number of hydrogen-bond acceptors (Lipinski definition) is 7. The third kappa shape index (κ3) is 5.71. The van der Waals surface area contributed by atoms with Crippen LogP contribution in [0.1, 0.15) is 16.8 Å². The zero-order chi connectivity index (χ0) is 29.9. The van der Waals surface area contributed by atoms with Crippen molar-refractivity contribution in [2.45, 2.75) is 19.6 Å². The Bertz CT molecular complexity index is 1860. The molecular weight excluding hydrogens is 552 g/mol. The molecule has 0 saturated carbocycles. The molecule has 0 atom stereocenters. The molecule has 9 nitrogen and oxygen atoms in total. The quantitative estimate of drug-likeness (QED) is 0.200. The van der Waals surface area contributed by atoms with E-state index in [1.54, 1.807) is 14.2 Å². The molecule has 1 aliphatic rings. The summed E-state index contributed by atoms with van der Waals surface area (Å²) in [5, 5.41) is 13.2. The van der Waals surface area contributed by atoms with E-state index in [9.17, 15) is 0 Å². The van der Waals surface area contributed by atoms with E-state index in [-0.39, 0.29) is 0 Å². The number of fused-ring (bicyclic) bond motifs is 3. The summed E-state index contributed by atoms with van der Waals surface area (Å²) in [4.78, 5) is 7.69. The average molecular weight is 589 g/mol. The topological polar surface area (TPSA) is 89.5 Å². The van der Waals surface area contributed by atoms with Crippen LogP contribution < -0.4 is 14.8 Å². The number of H-pyrrole nitrogens is 1. The number of hydrogen-bond donors (Lipinski definition) is 2. The van der Waals surface area contributed by atoms with E-state index >= 15 is 0 Å². The lowest BCUT2D eigenvalue weighted by Gasteiger charge is -2.27. The van der Waals surface area contributed by atoms with Crippen molar-refractivity contribution < 1.29 is 14.2 Å². The Balaban J connectivity index is 1.37. The van der Waals surface area contributed by atoms with Crippen LogP contribution >= 0.6 is 0 Å². The van der Waals surface area contributed by atoms with E-state index in [4.69, 9.17) is 19.2 Å². The Morgan fingerprint density at radius 1 is 0.818 bits per heavy atom. The number of ether oxygens (including phenoxy) is 3. The number of morpholine rings is 1. The number of rotatable bonds is 10. The van der Waals surface area contributed by atoms with Crippen LogP contribution in [0.25, 0.3) is 33.1 Å². The van der Waals surface area contributed by atoms with E-state index in [0.717, 1.165) is 89.8 Å². The lowest BCUT2D eigenvalue weighted by molar-refractivity contribution is 0.0333. The smallest absolute Gasteiger partial charge is 0.136 e. The maximum absolute atomic E-state index is 5.66. The first-order chi connectivity index (χ1) is 21.7. The first-order valence-electron chi connectivity index (χ1n) is 14.9. The number of benzene rings is 3. The highest BCUT2D eigenvalue weighted by atomic mass is 16.5. The molecule has 0 radical (unpaired) electrons. The lowest BCUT2D eigenvalue weighted by atomic mass is 10.1. The summed E-state index contributed by atoms with van der Waals surface area (Å²) in [6.07, 6.45) is 1.84. The minimum absolute atomic E-state index is 0.638. The van der Waals surface area contributed by atoms with Crippen molar-refractivity contribution in [1.29, 1.82) is 0 Å². The van der Waals surface area contributed by atoms with E-state index in [2.05, 4.69) is 73.5 Å². The van der Waals surface area contributed by atoms with Gasteiger partial charge >= 0.3 is 0 Å². The van der Waals surface area contributed by atoms with Crippen LogP contribution in [-0.4, -0.2) is 65.2 Å². The summed E-state index contributed by atoms with van der Waals surface area (Å²) in [7, 11) is 3.39. The van der Waals surface area contributed by atoms with E-state index in [0.29, 0.717) is 6.54 Å². The zero-order valence-electron chi connectivity index (χ0n) is 25.0. The van der Waals surface area contributed by atoms with Gasteiger partial charge in [0.2, 0.25) is 0 Å². The second kappa shape index (κ2) is 12.4. The second-order valence-electron chi connectivity index (χ2n) is 11.1. The Labute approximate surface area is 256 Å². The molecule has 6 aromatic rings. The summed E-state index contributed by atoms with van der Waals surface area (Å²) in [6.45, 7) is 5.54. The molecule has 3 aromatic carbocycles. The van der Waals surface area contributed by atoms with Gasteiger partial charge in [-0.25, -0.2) is 4.98 Å². The van der Waals surface area contributed by atoms with Gasteiger partial charge in [0.1, 0.15) is 17.3 Å². The maximum Gasteiger partial charge on any atom is 0.136 e. The number of methoxy groups -OCH3 is 2. The molecule has 0 unspecified atom stereocenters. The molecule has 1 saturated heterocycles. The molecule has 0 bridgehead atoms. The van der Waals surface area contributed by atoms with Crippen LogP contribution in [0.2, 0.25) is 0 Å². The first kappa shape index (κ1) is 27.9. The molecule has 4 heterocycles. The number of aromatic nitrogens is 4. The highest BCUT2D eigenvalue weighted by molar-refractivity contribution is 6.10. The number of nitrogens with one attached hydrogen (secondary N) is 2. The van der Waals surface area contributed by atoms with Crippen LogP contribution in [0, 0.1) is 0 Å². The lowest BCUT2D eigenvalue weighted by Crippen LogP contribution is -2.36. The van der Waals surface area contributed by atoms with Crippen molar-refractivity contribution in [3.8, 4) is 22.8 Å². The van der Waals surface area contributed by atoms with Crippen molar-refractivity contribution in [1.82, 2.24) is 24.6 Å². The van der Waals surface area contributed by atoms with Gasteiger partial charge < -0.3 is 24.1 Å². The van der Waals surface area contributed by atoms with Gasteiger partial charge in [0.05, 0.1) is 44.2 Å². The van der Waals surface area contributed by atoms with Crippen molar-refractivity contribution in [2.75, 3.05) is 45.8 Å². The highest BCUT2D eigenvalue weighted by Crippen LogP contribution is 2.35. The Hall–Kier alpha value is -4.86. The van der Waals surface area contributed by atoms with Crippen LogP contribution in [0.4, 0.5) is 5.82 Å². The predicted octanol–water partition coefficient (Wildman–Crippen LogP) is 6.09. The number of pyridine rings is 1. The van der Waals surface area contributed by atoms with Crippen LogP contribution in [-0.2, 0) is 24.4 Å². The summed E-state index contributed by atoms with van der Waals surface area (Å²) in [5.74, 6) is 2.55. The molecule has 9 heteroatoms. The van der Waals surface area contributed by atoms with Gasteiger partial charge in [-0.15, -0.1) is 0 Å². The van der Waals surface area contributed by atoms with Gasteiger partial charge in [-0.1, -0.05) is 36.4 Å². The van der Waals surface area contributed by atoms with Gasteiger partial charge in [0, 0.05) is 61.0 Å². The number of anilines is 1. The van der Waals surface area contributed by atoms with E-state index in [1.807, 2.05) is 36.5 Å². The van der Waals surface area contributed by atoms with E-state index < -0.39 is 0 Å². The molecule has 0 aliphatic carbocycles.